The third kappa shape index (κ3) is 5.84. The molecular formula is C22H20F6N2O3. The van der Waals surface area contributed by atoms with Crippen molar-refractivity contribution in [2.75, 3.05) is 19.6 Å². The highest BCUT2D eigenvalue weighted by Gasteiger charge is 2.42. The van der Waals surface area contributed by atoms with E-state index in [4.69, 9.17) is 9.90 Å². The number of benzene rings is 2. The highest BCUT2D eigenvalue weighted by Crippen LogP contribution is 2.37. The topological polar surface area (TPSA) is 60.9 Å². The second-order valence-electron chi connectivity index (χ2n) is 7.71. The lowest BCUT2D eigenvalue weighted by Gasteiger charge is -2.44. The predicted molar refractivity (Wildman–Crippen MR) is 105 cm³/mol. The number of halogens is 6. The van der Waals surface area contributed by atoms with Gasteiger partial charge in [0.25, 0.3) is 5.91 Å². The first kappa shape index (κ1) is 24.6. The van der Waals surface area contributed by atoms with Crippen molar-refractivity contribution in [1.29, 1.82) is 0 Å². The van der Waals surface area contributed by atoms with E-state index in [-0.39, 0.29) is 29.5 Å². The molecule has 178 valence electrons. The van der Waals surface area contributed by atoms with E-state index in [9.17, 15) is 31.1 Å². The van der Waals surface area contributed by atoms with E-state index in [0.29, 0.717) is 13.1 Å². The van der Waals surface area contributed by atoms with Crippen LogP contribution in [0.2, 0.25) is 0 Å². The molecule has 2 aliphatic rings. The number of amides is 1. The summed E-state index contributed by atoms with van der Waals surface area (Å²) >= 11 is 0. The van der Waals surface area contributed by atoms with Gasteiger partial charge in [-0.2, -0.15) is 26.3 Å². The maximum Gasteiger partial charge on any atom is 0.490 e. The van der Waals surface area contributed by atoms with Crippen LogP contribution in [-0.2, 0) is 23.9 Å². The van der Waals surface area contributed by atoms with Gasteiger partial charge in [-0.3, -0.25) is 9.69 Å². The zero-order valence-electron chi connectivity index (χ0n) is 17.2. The Labute approximate surface area is 185 Å². The number of hydrogen-bond donors (Lipinski definition) is 1. The Morgan fingerprint density at radius 2 is 1.61 bits per heavy atom. The summed E-state index contributed by atoms with van der Waals surface area (Å²) in [5.41, 5.74) is 0.836. The van der Waals surface area contributed by atoms with Crippen LogP contribution in [0.5, 0.6) is 0 Å². The standard InChI is InChI=1S/C20H19F3N2O.C2HF3O2/c21-20(22,23)18-8-4-7-16-17(18)11-15-13-24(9-10-25(15)19(16)26)12-14-5-2-1-3-6-14;3-2(4,5)1(6)7/h1-8,15H,9-13H2;(H,6,7)/t15-;/m1./s1. The molecule has 0 saturated carbocycles. The predicted octanol–water partition coefficient (Wildman–Crippen LogP) is 4.22. The van der Waals surface area contributed by atoms with E-state index in [2.05, 4.69) is 4.90 Å². The number of aliphatic carboxylic acids is 1. The van der Waals surface area contributed by atoms with E-state index in [0.717, 1.165) is 19.2 Å². The number of fused-ring (bicyclic) bond motifs is 2. The third-order valence-corrected chi connectivity index (χ3v) is 5.47. The minimum absolute atomic E-state index is 0.146. The number of carbonyl (C=O) groups is 2. The number of carboxylic acid groups (broad SMARTS) is 1. The SMILES string of the molecule is O=C(O)C(F)(F)F.O=C1c2cccc(C(F)(F)F)c2C[C@@H]2CN(Cc3ccccc3)CCN12. The van der Waals surface area contributed by atoms with Gasteiger partial charge in [0.2, 0.25) is 0 Å². The highest BCUT2D eigenvalue weighted by molar-refractivity contribution is 5.97. The minimum atomic E-state index is -5.08. The van der Waals surface area contributed by atoms with Crippen molar-refractivity contribution in [1.82, 2.24) is 9.80 Å². The maximum atomic E-state index is 13.4. The van der Waals surface area contributed by atoms with Gasteiger partial charge in [-0.25, -0.2) is 4.79 Å². The fraction of sp³-hybridized carbons (Fsp3) is 0.364. The van der Waals surface area contributed by atoms with Gasteiger partial charge in [0.05, 0.1) is 5.56 Å². The van der Waals surface area contributed by atoms with Crippen molar-refractivity contribution in [2.45, 2.75) is 31.4 Å². The fourth-order valence-electron chi connectivity index (χ4n) is 4.01. The van der Waals surface area contributed by atoms with Crippen molar-refractivity contribution in [3.63, 3.8) is 0 Å². The summed E-state index contributed by atoms with van der Waals surface area (Å²) in [6, 6.07) is 13.7. The normalized spacial score (nSPS) is 18.7. The van der Waals surface area contributed by atoms with Crippen molar-refractivity contribution >= 4 is 11.9 Å². The van der Waals surface area contributed by atoms with Crippen molar-refractivity contribution in [3.8, 4) is 0 Å². The smallest absolute Gasteiger partial charge is 0.475 e. The molecule has 0 aliphatic carbocycles. The summed E-state index contributed by atoms with van der Waals surface area (Å²) in [5.74, 6) is -3.03. The first-order valence-electron chi connectivity index (χ1n) is 9.94. The van der Waals surface area contributed by atoms with Crippen LogP contribution in [0.25, 0.3) is 0 Å². The van der Waals surface area contributed by atoms with Gasteiger partial charge in [0.1, 0.15) is 0 Å². The first-order valence-corrected chi connectivity index (χ1v) is 9.94. The second-order valence-corrected chi connectivity index (χ2v) is 7.71. The molecule has 1 saturated heterocycles. The molecule has 4 rings (SSSR count). The Balaban J connectivity index is 0.000000383. The van der Waals surface area contributed by atoms with E-state index in [1.165, 1.54) is 17.7 Å². The van der Waals surface area contributed by atoms with Crippen molar-refractivity contribution < 1.29 is 41.0 Å². The van der Waals surface area contributed by atoms with Crippen LogP contribution >= 0.6 is 0 Å². The number of rotatable bonds is 2. The van der Waals surface area contributed by atoms with E-state index in [1.807, 2.05) is 30.3 Å². The minimum Gasteiger partial charge on any atom is -0.475 e. The molecule has 1 N–H and O–H groups in total. The van der Waals surface area contributed by atoms with Crippen LogP contribution in [0.4, 0.5) is 26.3 Å². The zero-order valence-corrected chi connectivity index (χ0v) is 17.2. The molecule has 33 heavy (non-hydrogen) atoms. The van der Waals surface area contributed by atoms with E-state index >= 15 is 0 Å². The Morgan fingerprint density at radius 3 is 2.18 bits per heavy atom. The van der Waals surface area contributed by atoms with Crippen LogP contribution in [0.3, 0.4) is 0 Å². The van der Waals surface area contributed by atoms with Crippen molar-refractivity contribution in [3.05, 3.63) is 70.8 Å². The van der Waals surface area contributed by atoms with Crippen LogP contribution < -0.4 is 0 Å². The molecule has 0 aromatic heterocycles. The van der Waals surface area contributed by atoms with Gasteiger partial charge >= 0.3 is 18.3 Å². The summed E-state index contributed by atoms with van der Waals surface area (Å²) in [6.45, 7) is 2.61. The van der Waals surface area contributed by atoms with Gasteiger partial charge in [-0.1, -0.05) is 36.4 Å². The number of nitrogens with zero attached hydrogens (tertiary/aromatic N) is 2. The summed E-state index contributed by atoms with van der Waals surface area (Å²) in [4.78, 5) is 25.6. The Morgan fingerprint density at radius 1 is 0.970 bits per heavy atom. The highest BCUT2D eigenvalue weighted by atomic mass is 19.4. The van der Waals surface area contributed by atoms with Crippen LogP contribution in [0.15, 0.2) is 48.5 Å². The summed E-state index contributed by atoms with van der Waals surface area (Å²) in [6.07, 6.45) is -9.27. The molecule has 0 radical (unpaired) electrons. The molecule has 2 aromatic carbocycles. The van der Waals surface area contributed by atoms with Crippen LogP contribution in [0, 0.1) is 0 Å². The lowest BCUT2D eigenvalue weighted by molar-refractivity contribution is -0.192. The lowest BCUT2D eigenvalue weighted by atomic mass is 9.88. The summed E-state index contributed by atoms with van der Waals surface area (Å²) in [7, 11) is 0. The summed E-state index contributed by atoms with van der Waals surface area (Å²) < 4.78 is 71.8. The molecule has 1 fully saturated rings. The molecule has 1 amide bonds. The maximum absolute atomic E-state index is 13.4. The average Bonchev–Trinajstić information content (AvgIpc) is 2.73. The molecule has 0 bridgehead atoms. The van der Waals surface area contributed by atoms with Gasteiger partial charge in [0.15, 0.2) is 0 Å². The third-order valence-electron chi connectivity index (χ3n) is 5.47. The molecule has 0 spiro atoms. The van der Waals surface area contributed by atoms with Crippen molar-refractivity contribution in [2.24, 2.45) is 0 Å². The molecule has 11 heteroatoms. The van der Waals surface area contributed by atoms with Gasteiger partial charge < -0.3 is 10.0 Å². The molecule has 2 heterocycles. The molecule has 2 aromatic rings. The quantitative estimate of drug-likeness (QED) is 0.663. The largest absolute Gasteiger partial charge is 0.490 e. The Bertz CT molecular complexity index is 1010. The van der Waals surface area contributed by atoms with E-state index in [1.54, 1.807) is 4.90 Å². The van der Waals surface area contributed by atoms with Crippen LogP contribution in [0.1, 0.15) is 27.0 Å². The Hall–Kier alpha value is -3.08. The number of carbonyl (C=O) groups excluding carboxylic acids is 1. The second kappa shape index (κ2) is 9.42. The molecular weight excluding hydrogens is 454 g/mol. The molecule has 0 unspecified atom stereocenters. The van der Waals surface area contributed by atoms with Crippen LogP contribution in [-0.4, -0.2) is 58.6 Å². The number of piperazine rings is 1. The first-order chi connectivity index (χ1) is 15.4. The number of hydrogen-bond acceptors (Lipinski definition) is 3. The van der Waals surface area contributed by atoms with E-state index < -0.39 is 23.9 Å². The molecule has 5 nitrogen and oxygen atoms in total. The molecule has 2 aliphatic heterocycles. The summed E-state index contributed by atoms with van der Waals surface area (Å²) in [5, 5.41) is 7.12. The monoisotopic (exact) mass is 474 g/mol. The Kier molecular flexibility index (Phi) is 7.01. The number of alkyl halides is 6. The number of carboxylic acids is 1. The van der Waals surface area contributed by atoms with Gasteiger partial charge in [0, 0.05) is 37.8 Å². The zero-order chi connectivity index (χ0) is 24.4. The lowest BCUT2D eigenvalue weighted by Crippen LogP contribution is -2.58. The average molecular weight is 474 g/mol. The van der Waals surface area contributed by atoms with Gasteiger partial charge in [-0.05, 0) is 29.7 Å². The fourth-order valence-corrected chi connectivity index (χ4v) is 4.01. The van der Waals surface area contributed by atoms with Gasteiger partial charge in [-0.15, -0.1) is 0 Å². The molecule has 1 atom stereocenters.